The molecule has 0 radical (unpaired) electrons. The Hall–Kier alpha value is -1.14. The highest BCUT2D eigenvalue weighted by Gasteiger charge is 2.42. The highest BCUT2D eigenvalue weighted by Crippen LogP contribution is 2.49. The Kier molecular flexibility index (Phi) is 5.21. The first-order chi connectivity index (χ1) is 11.1. The van der Waals surface area contributed by atoms with E-state index in [0.717, 1.165) is 24.2 Å². The third kappa shape index (κ3) is 4.23. The molecule has 3 rings (SSSR count). The van der Waals surface area contributed by atoms with Gasteiger partial charge in [-0.05, 0) is 62.6 Å². The zero-order valence-electron chi connectivity index (χ0n) is 13.7. The molecule has 2 atom stereocenters. The van der Waals surface area contributed by atoms with Crippen LogP contribution in [-0.2, 0) is 9.84 Å². The summed E-state index contributed by atoms with van der Waals surface area (Å²) in [5.41, 5.74) is 0. The highest BCUT2D eigenvalue weighted by atomic mass is 32.2. The van der Waals surface area contributed by atoms with Crippen LogP contribution in [0.15, 0.2) is 23.2 Å². The molecule has 0 amide bonds. The normalized spacial score (nSPS) is 25.3. The van der Waals surface area contributed by atoms with Gasteiger partial charge in [-0.3, -0.25) is 0 Å². The highest BCUT2D eigenvalue weighted by molar-refractivity contribution is 7.91. The lowest BCUT2D eigenvalue weighted by atomic mass is 9.91. The van der Waals surface area contributed by atoms with Crippen molar-refractivity contribution >= 4 is 9.84 Å². The fourth-order valence-electron chi connectivity index (χ4n) is 3.57. The summed E-state index contributed by atoms with van der Waals surface area (Å²) in [5.74, 6) is 3.20. The molecule has 1 aromatic rings. The second-order valence-electron chi connectivity index (χ2n) is 6.62. The molecule has 1 saturated carbocycles. The van der Waals surface area contributed by atoms with Gasteiger partial charge in [0.1, 0.15) is 0 Å². The van der Waals surface area contributed by atoms with Crippen LogP contribution >= 0.6 is 0 Å². The molecule has 0 aromatic carbocycles. The van der Waals surface area contributed by atoms with Crippen molar-refractivity contribution in [3.63, 3.8) is 0 Å². The van der Waals surface area contributed by atoms with E-state index < -0.39 is 9.84 Å². The standard InChI is InChI=1S/C17H26N2O3S/c1-2-23(20,21)15-3-4-17(19-12-15)22-10-7-14-11-16(14)13-5-8-18-9-6-13/h3-4,12-14,16,18H,2,5-11H2,1H3. The van der Waals surface area contributed by atoms with Crippen LogP contribution in [0.25, 0.3) is 0 Å². The molecule has 2 aliphatic rings. The van der Waals surface area contributed by atoms with Crippen molar-refractivity contribution in [3.8, 4) is 5.88 Å². The zero-order chi connectivity index (χ0) is 16.3. The van der Waals surface area contributed by atoms with Crippen LogP contribution in [0, 0.1) is 17.8 Å². The number of hydrogen-bond donors (Lipinski definition) is 1. The van der Waals surface area contributed by atoms with Crippen LogP contribution < -0.4 is 10.1 Å². The summed E-state index contributed by atoms with van der Waals surface area (Å²) in [4.78, 5) is 4.37. The number of sulfone groups is 1. The van der Waals surface area contributed by atoms with Gasteiger partial charge in [0.15, 0.2) is 9.84 Å². The minimum absolute atomic E-state index is 0.0919. The molecule has 2 fully saturated rings. The SMILES string of the molecule is CCS(=O)(=O)c1ccc(OCCC2CC2C2CCNCC2)nc1. The van der Waals surface area contributed by atoms with E-state index in [1.165, 1.54) is 38.5 Å². The van der Waals surface area contributed by atoms with E-state index in [1.807, 2.05) is 0 Å². The van der Waals surface area contributed by atoms with Crippen LogP contribution in [0.3, 0.4) is 0 Å². The summed E-state index contributed by atoms with van der Waals surface area (Å²) in [6.07, 6.45) is 6.44. The fourth-order valence-corrected chi connectivity index (χ4v) is 4.39. The maximum absolute atomic E-state index is 11.7. The Bertz CT molecular complexity index is 609. The van der Waals surface area contributed by atoms with E-state index in [2.05, 4.69) is 10.3 Å². The van der Waals surface area contributed by atoms with Crippen LogP contribution in [0.1, 0.15) is 32.6 Å². The van der Waals surface area contributed by atoms with Gasteiger partial charge in [0.05, 0.1) is 17.3 Å². The second kappa shape index (κ2) is 7.18. The quantitative estimate of drug-likeness (QED) is 0.826. The Morgan fingerprint density at radius 1 is 1.30 bits per heavy atom. The van der Waals surface area contributed by atoms with Crippen LogP contribution in [0.2, 0.25) is 0 Å². The van der Waals surface area contributed by atoms with Gasteiger partial charge in [-0.2, -0.15) is 0 Å². The van der Waals surface area contributed by atoms with Gasteiger partial charge in [-0.1, -0.05) is 6.92 Å². The topological polar surface area (TPSA) is 68.3 Å². The van der Waals surface area contributed by atoms with Crippen molar-refractivity contribution in [2.45, 2.75) is 37.5 Å². The van der Waals surface area contributed by atoms with E-state index in [0.29, 0.717) is 12.5 Å². The molecule has 2 heterocycles. The van der Waals surface area contributed by atoms with Gasteiger partial charge in [0, 0.05) is 12.3 Å². The molecule has 23 heavy (non-hydrogen) atoms. The van der Waals surface area contributed by atoms with Crippen molar-refractivity contribution in [1.29, 1.82) is 0 Å². The van der Waals surface area contributed by atoms with Crippen molar-refractivity contribution in [2.75, 3.05) is 25.4 Å². The summed E-state index contributed by atoms with van der Waals surface area (Å²) >= 11 is 0. The molecule has 1 saturated heterocycles. The van der Waals surface area contributed by atoms with Crippen molar-refractivity contribution < 1.29 is 13.2 Å². The third-order valence-corrected chi connectivity index (χ3v) is 6.87. The molecular weight excluding hydrogens is 312 g/mol. The molecule has 1 aliphatic carbocycles. The van der Waals surface area contributed by atoms with Gasteiger partial charge in [-0.25, -0.2) is 13.4 Å². The molecule has 5 nitrogen and oxygen atoms in total. The Labute approximate surface area is 138 Å². The predicted octanol–water partition coefficient (Wildman–Crippen LogP) is 2.28. The molecule has 128 valence electrons. The minimum atomic E-state index is -3.18. The average Bonchev–Trinajstić information content (AvgIpc) is 3.36. The summed E-state index contributed by atoms with van der Waals surface area (Å²) < 4.78 is 29.1. The van der Waals surface area contributed by atoms with Crippen LogP contribution in [0.4, 0.5) is 0 Å². The number of nitrogens with one attached hydrogen (secondary N) is 1. The van der Waals surface area contributed by atoms with Gasteiger partial charge in [0.2, 0.25) is 5.88 Å². The number of aromatic nitrogens is 1. The largest absolute Gasteiger partial charge is 0.478 e. The maximum atomic E-state index is 11.7. The smallest absolute Gasteiger partial charge is 0.213 e. The number of rotatable bonds is 7. The zero-order valence-corrected chi connectivity index (χ0v) is 14.5. The molecule has 6 heteroatoms. The van der Waals surface area contributed by atoms with E-state index in [9.17, 15) is 8.42 Å². The average molecular weight is 338 g/mol. The number of ether oxygens (including phenoxy) is 1. The summed E-state index contributed by atoms with van der Waals surface area (Å²) in [5, 5.41) is 3.42. The lowest BCUT2D eigenvalue weighted by Gasteiger charge is -2.22. The van der Waals surface area contributed by atoms with Crippen molar-refractivity contribution in [1.82, 2.24) is 10.3 Å². The van der Waals surface area contributed by atoms with E-state index in [4.69, 9.17) is 4.74 Å². The van der Waals surface area contributed by atoms with Gasteiger partial charge < -0.3 is 10.1 Å². The predicted molar refractivity (Wildman–Crippen MR) is 89.3 cm³/mol. The summed E-state index contributed by atoms with van der Waals surface area (Å²) in [6.45, 7) is 4.63. The first-order valence-corrected chi connectivity index (χ1v) is 10.3. The monoisotopic (exact) mass is 338 g/mol. The van der Waals surface area contributed by atoms with E-state index in [1.54, 1.807) is 19.1 Å². The second-order valence-corrected chi connectivity index (χ2v) is 8.90. The van der Waals surface area contributed by atoms with Crippen molar-refractivity contribution in [2.24, 2.45) is 17.8 Å². The molecule has 2 unspecified atom stereocenters. The molecule has 1 N–H and O–H groups in total. The molecule has 1 aromatic heterocycles. The van der Waals surface area contributed by atoms with E-state index in [-0.39, 0.29) is 10.6 Å². The number of piperidine rings is 1. The van der Waals surface area contributed by atoms with Crippen molar-refractivity contribution in [3.05, 3.63) is 18.3 Å². The fraction of sp³-hybridized carbons (Fsp3) is 0.706. The van der Waals surface area contributed by atoms with Gasteiger partial charge >= 0.3 is 0 Å². The van der Waals surface area contributed by atoms with Crippen LogP contribution in [0.5, 0.6) is 5.88 Å². The Morgan fingerprint density at radius 3 is 2.74 bits per heavy atom. The Balaban J connectivity index is 1.41. The first-order valence-electron chi connectivity index (χ1n) is 8.62. The lowest BCUT2D eigenvalue weighted by molar-refractivity contribution is 0.272. The first kappa shape index (κ1) is 16.7. The van der Waals surface area contributed by atoms with Gasteiger partial charge in [0.25, 0.3) is 0 Å². The van der Waals surface area contributed by atoms with Crippen LogP contribution in [-0.4, -0.2) is 38.9 Å². The van der Waals surface area contributed by atoms with Gasteiger partial charge in [-0.15, -0.1) is 0 Å². The number of pyridine rings is 1. The Morgan fingerprint density at radius 2 is 2.09 bits per heavy atom. The number of nitrogens with zero attached hydrogens (tertiary/aromatic N) is 1. The molecule has 1 aliphatic heterocycles. The molecule has 0 bridgehead atoms. The minimum Gasteiger partial charge on any atom is -0.478 e. The third-order valence-electron chi connectivity index (χ3n) is 5.15. The lowest BCUT2D eigenvalue weighted by Crippen LogP contribution is -2.29. The number of hydrogen-bond acceptors (Lipinski definition) is 5. The summed E-state index contributed by atoms with van der Waals surface area (Å²) in [6, 6.07) is 3.23. The molecular formula is C17H26N2O3S. The summed E-state index contributed by atoms with van der Waals surface area (Å²) in [7, 11) is -3.18. The van der Waals surface area contributed by atoms with E-state index >= 15 is 0 Å². The molecule has 0 spiro atoms. The maximum Gasteiger partial charge on any atom is 0.213 e.